The average molecular weight is 304 g/mol. The Bertz CT molecular complexity index is 737. The van der Waals surface area contributed by atoms with Crippen molar-refractivity contribution in [2.45, 2.75) is 19.9 Å². The molecule has 2 aromatic heterocycles. The van der Waals surface area contributed by atoms with Crippen molar-refractivity contribution in [3.05, 3.63) is 41.0 Å². The second-order valence-corrected chi connectivity index (χ2v) is 6.03. The highest BCUT2D eigenvalue weighted by atomic mass is 35.5. The molecule has 1 aromatic carbocycles. The molecule has 0 atom stereocenters. The molecule has 0 saturated heterocycles. The van der Waals surface area contributed by atoms with Gasteiger partial charge in [0.2, 0.25) is 5.28 Å². The Kier molecular flexibility index (Phi) is 3.59. The maximum absolute atomic E-state index is 6.01. The minimum Gasteiger partial charge on any atom is -0.367 e. The second kappa shape index (κ2) is 5.38. The van der Waals surface area contributed by atoms with Gasteiger partial charge in [-0.25, -0.2) is 9.97 Å². The van der Waals surface area contributed by atoms with Crippen molar-refractivity contribution in [2.75, 3.05) is 5.32 Å². The Morgan fingerprint density at radius 1 is 1.15 bits per heavy atom. The van der Waals surface area contributed by atoms with E-state index in [1.807, 2.05) is 18.2 Å². The number of rotatable bonds is 3. The third-order valence-corrected chi connectivity index (χ3v) is 3.96. The van der Waals surface area contributed by atoms with Gasteiger partial charge in [-0.05, 0) is 31.0 Å². The van der Waals surface area contributed by atoms with Crippen LogP contribution in [-0.2, 0) is 0 Å². The molecule has 0 aliphatic carbocycles. The topological polar surface area (TPSA) is 37.8 Å². The van der Waals surface area contributed by atoms with Crippen LogP contribution in [0, 0.1) is 0 Å². The van der Waals surface area contributed by atoms with Gasteiger partial charge in [0.15, 0.2) is 0 Å². The molecular formula is C15H14ClN3S. The number of nitrogens with one attached hydrogen (secondary N) is 1. The zero-order valence-corrected chi connectivity index (χ0v) is 12.8. The zero-order valence-electron chi connectivity index (χ0n) is 11.2. The molecule has 3 aromatic rings. The molecular weight excluding hydrogens is 290 g/mol. The third kappa shape index (κ3) is 2.49. The van der Waals surface area contributed by atoms with Crippen molar-refractivity contribution in [2.24, 2.45) is 0 Å². The third-order valence-electron chi connectivity index (χ3n) is 2.92. The first-order chi connectivity index (χ1) is 9.65. The Morgan fingerprint density at radius 2 is 1.90 bits per heavy atom. The predicted octanol–water partition coefficient (Wildman–Crippen LogP) is 4.83. The minimum atomic E-state index is 0.280. The summed E-state index contributed by atoms with van der Waals surface area (Å²) in [5, 5.41) is 6.78. The molecule has 0 saturated carbocycles. The van der Waals surface area contributed by atoms with Crippen molar-refractivity contribution >= 4 is 39.0 Å². The monoisotopic (exact) mass is 303 g/mol. The molecule has 3 rings (SSSR count). The van der Waals surface area contributed by atoms with Crippen molar-refractivity contribution in [1.29, 1.82) is 0 Å². The molecule has 0 radical (unpaired) electrons. The van der Waals surface area contributed by atoms with E-state index >= 15 is 0 Å². The fourth-order valence-corrected chi connectivity index (χ4v) is 3.29. The van der Waals surface area contributed by atoms with Gasteiger partial charge in [0.05, 0.1) is 5.39 Å². The SMILES string of the molecule is CC(C)Nc1nc(Cl)nc2scc(-c3ccccc3)c12. The van der Waals surface area contributed by atoms with Crippen LogP contribution in [0.15, 0.2) is 35.7 Å². The van der Waals surface area contributed by atoms with Gasteiger partial charge in [-0.2, -0.15) is 0 Å². The van der Waals surface area contributed by atoms with Crippen molar-refractivity contribution in [3.63, 3.8) is 0 Å². The van der Waals surface area contributed by atoms with Gasteiger partial charge in [-0.3, -0.25) is 0 Å². The standard InChI is InChI=1S/C15H14ClN3S/c1-9(2)17-13-12-11(10-6-4-3-5-7-10)8-20-14(12)19-15(16)18-13/h3-9H,1-2H3,(H,17,18,19). The summed E-state index contributed by atoms with van der Waals surface area (Å²) in [7, 11) is 0. The van der Waals surface area contributed by atoms with E-state index in [-0.39, 0.29) is 11.3 Å². The molecule has 0 fully saturated rings. The molecule has 1 N–H and O–H groups in total. The molecule has 2 heterocycles. The highest BCUT2D eigenvalue weighted by Crippen LogP contribution is 2.37. The smallest absolute Gasteiger partial charge is 0.225 e. The van der Waals surface area contributed by atoms with Crippen LogP contribution in [0.3, 0.4) is 0 Å². The quantitative estimate of drug-likeness (QED) is 0.704. The first-order valence-electron chi connectivity index (χ1n) is 6.42. The highest BCUT2D eigenvalue weighted by Gasteiger charge is 2.15. The molecule has 5 heteroatoms. The maximum atomic E-state index is 6.01. The van der Waals surface area contributed by atoms with Crippen LogP contribution in [0.25, 0.3) is 21.3 Å². The zero-order chi connectivity index (χ0) is 14.1. The Hall–Kier alpha value is -1.65. The van der Waals surface area contributed by atoms with E-state index in [0.29, 0.717) is 0 Å². The molecule has 0 aliphatic heterocycles. The van der Waals surface area contributed by atoms with Gasteiger partial charge in [0, 0.05) is 17.0 Å². The van der Waals surface area contributed by atoms with Gasteiger partial charge in [0.25, 0.3) is 0 Å². The van der Waals surface area contributed by atoms with Gasteiger partial charge in [0.1, 0.15) is 10.6 Å². The van der Waals surface area contributed by atoms with Crippen LogP contribution in [0.2, 0.25) is 5.28 Å². The lowest BCUT2D eigenvalue weighted by molar-refractivity contribution is 0.891. The van der Waals surface area contributed by atoms with E-state index in [4.69, 9.17) is 11.6 Å². The number of aromatic nitrogens is 2. The van der Waals surface area contributed by atoms with E-state index < -0.39 is 0 Å². The van der Waals surface area contributed by atoms with Crippen LogP contribution in [-0.4, -0.2) is 16.0 Å². The largest absolute Gasteiger partial charge is 0.367 e. The molecule has 0 amide bonds. The predicted molar refractivity (Wildman–Crippen MR) is 86.6 cm³/mol. The molecule has 0 bridgehead atoms. The molecule has 3 nitrogen and oxygen atoms in total. The molecule has 0 spiro atoms. The fraction of sp³-hybridized carbons (Fsp3) is 0.200. The normalized spacial score (nSPS) is 11.2. The lowest BCUT2D eigenvalue weighted by Crippen LogP contribution is -2.11. The number of halogens is 1. The van der Waals surface area contributed by atoms with Gasteiger partial charge < -0.3 is 5.32 Å². The second-order valence-electron chi connectivity index (χ2n) is 4.84. The van der Waals surface area contributed by atoms with E-state index in [2.05, 4.69) is 46.6 Å². The Morgan fingerprint density at radius 3 is 2.60 bits per heavy atom. The maximum Gasteiger partial charge on any atom is 0.225 e. The lowest BCUT2D eigenvalue weighted by atomic mass is 10.1. The van der Waals surface area contributed by atoms with Crippen LogP contribution in [0.5, 0.6) is 0 Å². The summed E-state index contributed by atoms with van der Waals surface area (Å²) in [4.78, 5) is 9.58. The van der Waals surface area contributed by atoms with Gasteiger partial charge in [-0.15, -0.1) is 11.3 Å². The Balaban J connectivity index is 2.24. The first kappa shape index (κ1) is 13.3. The van der Waals surface area contributed by atoms with Gasteiger partial charge >= 0.3 is 0 Å². The molecule has 0 unspecified atom stereocenters. The lowest BCUT2D eigenvalue weighted by Gasteiger charge is -2.11. The number of benzene rings is 1. The summed E-state index contributed by atoms with van der Waals surface area (Å²) >= 11 is 7.60. The van der Waals surface area contributed by atoms with Crippen molar-refractivity contribution < 1.29 is 0 Å². The number of hydrogen-bond acceptors (Lipinski definition) is 4. The van der Waals surface area contributed by atoms with Crippen molar-refractivity contribution in [1.82, 2.24) is 9.97 Å². The summed E-state index contributed by atoms with van der Waals surface area (Å²) < 4.78 is 0. The fourth-order valence-electron chi connectivity index (χ4n) is 2.12. The van der Waals surface area contributed by atoms with Crippen LogP contribution in [0.4, 0.5) is 5.82 Å². The summed E-state index contributed by atoms with van der Waals surface area (Å²) in [6, 6.07) is 10.5. The molecule has 0 aliphatic rings. The number of hydrogen-bond donors (Lipinski definition) is 1. The van der Waals surface area contributed by atoms with E-state index in [1.165, 1.54) is 0 Å². The number of anilines is 1. The highest BCUT2D eigenvalue weighted by molar-refractivity contribution is 7.17. The summed E-state index contributed by atoms with van der Waals surface area (Å²) in [5.74, 6) is 0.801. The van der Waals surface area contributed by atoms with E-state index in [9.17, 15) is 0 Å². The van der Waals surface area contributed by atoms with Crippen LogP contribution >= 0.6 is 22.9 Å². The minimum absolute atomic E-state index is 0.280. The Labute approximate surface area is 126 Å². The average Bonchev–Trinajstić information content (AvgIpc) is 2.82. The van der Waals surface area contributed by atoms with Crippen LogP contribution < -0.4 is 5.32 Å². The van der Waals surface area contributed by atoms with Crippen LogP contribution in [0.1, 0.15) is 13.8 Å². The number of nitrogens with zero attached hydrogens (tertiary/aromatic N) is 2. The van der Waals surface area contributed by atoms with E-state index in [1.54, 1.807) is 11.3 Å². The molecule has 102 valence electrons. The van der Waals surface area contributed by atoms with Gasteiger partial charge in [-0.1, -0.05) is 30.3 Å². The first-order valence-corrected chi connectivity index (χ1v) is 7.67. The number of fused-ring (bicyclic) bond motifs is 1. The van der Waals surface area contributed by atoms with Crippen molar-refractivity contribution in [3.8, 4) is 11.1 Å². The molecule has 20 heavy (non-hydrogen) atoms. The summed E-state index contributed by atoms with van der Waals surface area (Å²) in [5.41, 5.74) is 2.31. The van der Waals surface area contributed by atoms with E-state index in [0.717, 1.165) is 27.2 Å². The number of thiophene rings is 1. The summed E-state index contributed by atoms with van der Waals surface area (Å²) in [6.07, 6.45) is 0. The summed E-state index contributed by atoms with van der Waals surface area (Å²) in [6.45, 7) is 4.16.